The van der Waals surface area contributed by atoms with Crippen molar-refractivity contribution in [2.45, 2.75) is 18.2 Å². The zero-order valence-corrected chi connectivity index (χ0v) is 16.7. The highest BCUT2D eigenvalue weighted by molar-refractivity contribution is 7.91. The van der Waals surface area contributed by atoms with Crippen LogP contribution in [0.1, 0.15) is 13.3 Å². The minimum Gasteiger partial charge on any atom is -0.507 e. The molecule has 0 atom stereocenters. The van der Waals surface area contributed by atoms with Gasteiger partial charge >= 0.3 is 5.97 Å². The summed E-state index contributed by atoms with van der Waals surface area (Å²) < 4.78 is 29.6. The third-order valence-corrected chi connectivity index (χ3v) is 5.78. The third-order valence-electron chi connectivity index (χ3n) is 3.46. The van der Waals surface area contributed by atoms with Crippen LogP contribution in [0, 0.1) is 0 Å². The largest absolute Gasteiger partial charge is 0.507 e. The number of phenolic OH excluding ortho intramolecular Hbond substituents is 1. The van der Waals surface area contributed by atoms with E-state index in [4.69, 9.17) is 33.0 Å². The summed E-state index contributed by atoms with van der Waals surface area (Å²) in [6.45, 7) is 1.44. The number of carbonyl (C=O) groups is 2. The molecule has 0 aliphatic rings. The SMILES string of the molecule is CCS(=O)(=O)c1cc(Oc2c(Cl)cc(NC(=O)CC(=O)O)cc2Cl)ccc1O. The molecule has 0 bridgehead atoms. The Morgan fingerprint density at radius 3 is 2.29 bits per heavy atom. The van der Waals surface area contributed by atoms with Crippen LogP contribution in [0.4, 0.5) is 5.69 Å². The number of amides is 1. The predicted molar refractivity (Wildman–Crippen MR) is 103 cm³/mol. The first-order chi connectivity index (χ1) is 13.0. The zero-order valence-electron chi connectivity index (χ0n) is 14.4. The molecule has 0 radical (unpaired) electrons. The summed E-state index contributed by atoms with van der Waals surface area (Å²) in [7, 11) is -3.69. The van der Waals surface area contributed by atoms with Gasteiger partial charge in [-0.3, -0.25) is 9.59 Å². The molecule has 28 heavy (non-hydrogen) atoms. The second kappa shape index (κ2) is 8.68. The van der Waals surface area contributed by atoms with Gasteiger partial charge in [0.1, 0.15) is 22.8 Å². The number of carboxylic acid groups (broad SMARTS) is 1. The predicted octanol–water partition coefficient (Wildman–Crippen LogP) is 3.70. The Hall–Kier alpha value is -2.49. The van der Waals surface area contributed by atoms with Crippen molar-refractivity contribution in [1.29, 1.82) is 0 Å². The highest BCUT2D eigenvalue weighted by Crippen LogP contribution is 2.40. The fourth-order valence-electron chi connectivity index (χ4n) is 2.15. The van der Waals surface area contributed by atoms with Crippen LogP contribution in [0.5, 0.6) is 17.2 Å². The topological polar surface area (TPSA) is 130 Å². The number of aromatic hydroxyl groups is 1. The Bertz CT molecular complexity index is 1010. The first-order valence-electron chi connectivity index (χ1n) is 7.77. The van der Waals surface area contributed by atoms with E-state index in [2.05, 4.69) is 5.32 Å². The van der Waals surface area contributed by atoms with E-state index in [1.54, 1.807) is 0 Å². The maximum absolute atomic E-state index is 12.0. The lowest BCUT2D eigenvalue weighted by Crippen LogP contribution is -2.15. The number of anilines is 1. The molecular formula is C17H15Cl2NO7S. The minimum atomic E-state index is -3.69. The van der Waals surface area contributed by atoms with E-state index in [0.29, 0.717) is 0 Å². The molecule has 8 nitrogen and oxygen atoms in total. The summed E-state index contributed by atoms with van der Waals surface area (Å²) in [5.41, 5.74) is 0.161. The number of hydrogen-bond acceptors (Lipinski definition) is 6. The summed E-state index contributed by atoms with van der Waals surface area (Å²) in [4.78, 5) is 21.8. The van der Waals surface area contributed by atoms with Crippen molar-refractivity contribution in [3.63, 3.8) is 0 Å². The van der Waals surface area contributed by atoms with Gasteiger partial charge in [-0.1, -0.05) is 30.1 Å². The van der Waals surface area contributed by atoms with Crippen LogP contribution in [0.25, 0.3) is 0 Å². The monoisotopic (exact) mass is 447 g/mol. The average molecular weight is 448 g/mol. The van der Waals surface area contributed by atoms with Crippen molar-refractivity contribution in [2.24, 2.45) is 0 Å². The molecule has 0 fully saturated rings. The van der Waals surface area contributed by atoms with Crippen molar-refractivity contribution in [1.82, 2.24) is 0 Å². The number of carbonyl (C=O) groups excluding carboxylic acids is 1. The number of benzene rings is 2. The summed E-state index contributed by atoms with van der Waals surface area (Å²) in [6.07, 6.45) is -0.727. The van der Waals surface area contributed by atoms with Crippen molar-refractivity contribution >= 4 is 50.6 Å². The zero-order chi connectivity index (χ0) is 21.1. The van der Waals surface area contributed by atoms with E-state index in [9.17, 15) is 23.1 Å². The molecule has 2 rings (SSSR count). The molecule has 0 saturated heterocycles. The highest BCUT2D eigenvalue weighted by Gasteiger charge is 2.19. The van der Waals surface area contributed by atoms with Crippen LogP contribution in [0.2, 0.25) is 10.0 Å². The van der Waals surface area contributed by atoms with Gasteiger partial charge in [0.05, 0.1) is 15.8 Å². The van der Waals surface area contributed by atoms with Gasteiger partial charge in [0.25, 0.3) is 0 Å². The Morgan fingerprint density at radius 1 is 1.14 bits per heavy atom. The number of halogens is 2. The molecule has 150 valence electrons. The molecule has 0 unspecified atom stereocenters. The molecule has 0 heterocycles. The summed E-state index contributed by atoms with van der Waals surface area (Å²) >= 11 is 12.2. The number of rotatable bonds is 7. The lowest BCUT2D eigenvalue weighted by Gasteiger charge is -2.13. The normalized spacial score (nSPS) is 11.1. The molecule has 0 aliphatic heterocycles. The van der Waals surface area contributed by atoms with Gasteiger partial charge in [-0.2, -0.15) is 0 Å². The van der Waals surface area contributed by atoms with Gasteiger partial charge in [0.15, 0.2) is 15.6 Å². The number of nitrogens with one attached hydrogen (secondary N) is 1. The fourth-order valence-corrected chi connectivity index (χ4v) is 3.71. The molecule has 1 amide bonds. The van der Waals surface area contributed by atoms with Gasteiger partial charge in [0, 0.05) is 11.8 Å². The lowest BCUT2D eigenvalue weighted by molar-refractivity contribution is -0.139. The Balaban J connectivity index is 2.31. The maximum atomic E-state index is 12.0. The van der Waals surface area contributed by atoms with Crippen molar-refractivity contribution in [2.75, 3.05) is 11.1 Å². The Kier molecular flexibility index (Phi) is 6.76. The molecule has 0 spiro atoms. The van der Waals surface area contributed by atoms with Crippen LogP contribution >= 0.6 is 23.2 Å². The number of hydrogen-bond donors (Lipinski definition) is 3. The van der Waals surface area contributed by atoms with E-state index in [1.165, 1.54) is 31.2 Å². The first kappa shape index (κ1) is 21.8. The second-order valence-corrected chi connectivity index (χ2v) is 8.58. The molecule has 2 aromatic carbocycles. The molecule has 0 aromatic heterocycles. The first-order valence-corrected chi connectivity index (χ1v) is 10.2. The van der Waals surface area contributed by atoms with Gasteiger partial charge in [-0.05, 0) is 24.3 Å². The van der Waals surface area contributed by atoms with Crippen LogP contribution in [0.3, 0.4) is 0 Å². The van der Waals surface area contributed by atoms with Gasteiger partial charge in [0.2, 0.25) is 5.91 Å². The van der Waals surface area contributed by atoms with Gasteiger partial charge in [-0.25, -0.2) is 8.42 Å². The lowest BCUT2D eigenvalue weighted by atomic mass is 10.2. The second-order valence-electron chi connectivity index (χ2n) is 5.52. The number of ether oxygens (including phenoxy) is 1. The van der Waals surface area contributed by atoms with E-state index < -0.39 is 33.9 Å². The van der Waals surface area contributed by atoms with E-state index in [1.807, 2.05) is 0 Å². The third kappa shape index (κ3) is 5.28. The van der Waals surface area contributed by atoms with Gasteiger partial charge < -0.3 is 20.3 Å². The highest BCUT2D eigenvalue weighted by atomic mass is 35.5. The summed E-state index contributed by atoms with van der Waals surface area (Å²) in [5, 5.41) is 20.7. The van der Waals surface area contributed by atoms with Crippen LogP contribution in [-0.4, -0.2) is 36.3 Å². The quantitative estimate of drug-likeness (QED) is 0.551. The van der Waals surface area contributed by atoms with E-state index in [0.717, 1.165) is 6.07 Å². The smallest absolute Gasteiger partial charge is 0.312 e. The minimum absolute atomic E-state index is 0.00824. The van der Waals surface area contributed by atoms with Crippen LogP contribution in [0.15, 0.2) is 35.2 Å². The number of phenols is 1. The van der Waals surface area contributed by atoms with Crippen molar-refractivity contribution in [3.05, 3.63) is 40.4 Å². The van der Waals surface area contributed by atoms with Gasteiger partial charge in [-0.15, -0.1) is 0 Å². The number of carboxylic acids is 1. The van der Waals surface area contributed by atoms with Crippen molar-refractivity contribution < 1.29 is 33.0 Å². The van der Waals surface area contributed by atoms with Crippen LogP contribution in [-0.2, 0) is 19.4 Å². The molecule has 11 heteroatoms. The Labute approximate surface area is 170 Å². The summed E-state index contributed by atoms with van der Waals surface area (Å²) in [6, 6.07) is 6.24. The molecule has 3 N–H and O–H groups in total. The average Bonchev–Trinajstić information content (AvgIpc) is 2.58. The van der Waals surface area contributed by atoms with E-state index in [-0.39, 0.29) is 37.9 Å². The molecule has 2 aromatic rings. The number of sulfone groups is 1. The standard InChI is InChI=1S/C17H15Cl2NO7S/c1-2-28(25,26)14-7-10(3-4-13(14)21)27-17-11(18)5-9(6-12(17)19)20-15(22)8-16(23)24/h3-7,21H,2,8H2,1H3,(H,20,22)(H,23,24). The Morgan fingerprint density at radius 2 is 1.75 bits per heavy atom. The molecule has 0 saturated carbocycles. The molecular weight excluding hydrogens is 433 g/mol. The summed E-state index contributed by atoms with van der Waals surface area (Å²) in [5.74, 6) is -2.62. The van der Waals surface area contributed by atoms with E-state index >= 15 is 0 Å². The van der Waals surface area contributed by atoms with Crippen LogP contribution < -0.4 is 10.1 Å². The molecule has 0 aliphatic carbocycles. The van der Waals surface area contributed by atoms with Crippen molar-refractivity contribution in [3.8, 4) is 17.2 Å². The number of aliphatic carboxylic acids is 1. The maximum Gasteiger partial charge on any atom is 0.312 e. The fraction of sp³-hybridized carbons (Fsp3) is 0.176.